The number of carboxylic acid groups (broad SMARTS) is 1. The van der Waals surface area contributed by atoms with Crippen LogP contribution in [-0.2, 0) is 16.0 Å². The SMILES string of the molecule is O=C(CN1C(=O)/C(=C/Cc2ccccc2Cl)SC1=S)Nc1cccc(C(=O)O)c1. The summed E-state index contributed by atoms with van der Waals surface area (Å²) in [6.45, 7) is -0.259. The van der Waals surface area contributed by atoms with Crippen LogP contribution in [0.25, 0.3) is 0 Å². The standard InChI is InChI=1S/C20H15ClN2O4S2/c21-15-7-2-1-4-12(15)8-9-16-18(25)23(20(28)29-16)11-17(24)22-14-6-3-5-13(10-14)19(26)27/h1-7,9-10H,8,11H2,(H,22,24)(H,26,27)/b16-9-. The normalized spacial score (nSPS) is 15.1. The zero-order chi connectivity index (χ0) is 21.0. The van der Waals surface area contributed by atoms with Crippen LogP contribution in [0.4, 0.5) is 5.69 Å². The highest BCUT2D eigenvalue weighted by atomic mass is 35.5. The fourth-order valence-corrected chi connectivity index (χ4v) is 4.05. The number of nitrogens with one attached hydrogen (secondary N) is 1. The van der Waals surface area contributed by atoms with Crippen LogP contribution in [0.5, 0.6) is 0 Å². The van der Waals surface area contributed by atoms with Gasteiger partial charge in [0.2, 0.25) is 5.91 Å². The first-order valence-electron chi connectivity index (χ1n) is 8.45. The van der Waals surface area contributed by atoms with E-state index >= 15 is 0 Å². The maximum Gasteiger partial charge on any atom is 0.335 e. The molecule has 148 valence electrons. The second kappa shape index (κ2) is 9.21. The molecule has 2 aromatic rings. The Balaban J connectivity index is 1.64. The van der Waals surface area contributed by atoms with Gasteiger partial charge < -0.3 is 10.4 Å². The lowest BCUT2D eigenvalue weighted by atomic mass is 10.1. The predicted molar refractivity (Wildman–Crippen MR) is 117 cm³/mol. The van der Waals surface area contributed by atoms with E-state index in [0.717, 1.165) is 17.3 Å². The first kappa shape index (κ1) is 21.0. The molecule has 1 aliphatic rings. The van der Waals surface area contributed by atoms with Crippen LogP contribution in [0.1, 0.15) is 15.9 Å². The summed E-state index contributed by atoms with van der Waals surface area (Å²) in [4.78, 5) is 37.6. The number of hydrogen-bond acceptors (Lipinski definition) is 5. The number of allylic oxidation sites excluding steroid dienone is 1. The largest absolute Gasteiger partial charge is 0.478 e. The van der Waals surface area contributed by atoms with Gasteiger partial charge in [-0.25, -0.2) is 4.79 Å². The summed E-state index contributed by atoms with van der Waals surface area (Å²) in [5.41, 5.74) is 1.26. The van der Waals surface area contributed by atoms with Crippen molar-refractivity contribution >= 4 is 63.4 Å². The number of anilines is 1. The molecule has 0 spiro atoms. The lowest BCUT2D eigenvalue weighted by molar-refractivity contribution is -0.126. The fourth-order valence-electron chi connectivity index (χ4n) is 2.61. The van der Waals surface area contributed by atoms with Crippen molar-refractivity contribution in [3.8, 4) is 0 Å². The Kier molecular flexibility index (Phi) is 6.68. The number of halogens is 1. The van der Waals surface area contributed by atoms with Crippen LogP contribution in [0.2, 0.25) is 5.02 Å². The summed E-state index contributed by atoms with van der Waals surface area (Å²) in [7, 11) is 0. The minimum atomic E-state index is -1.10. The molecule has 1 fully saturated rings. The Hall–Kier alpha value is -2.68. The van der Waals surface area contributed by atoms with Crippen LogP contribution in [0.15, 0.2) is 59.5 Å². The van der Waals surface area contributed by atoms with E-state index in [9.17, 15) is 14.4 Å². The monoisotopic (exact) mass is 446 g/mol. The van der Waals surface area contributed by atoms with Crippen molar-refractivity contribution in [1.82, 2.24) is 4.90 Å². The van der Waals surface area contributed by atoms with Gasteiger partial charge in [-0.05, 0) is 36.2 Å². The Bertz CT molecular complexity index is 1040. The lowest BCUT2D eigenvalue weighted by Crippen LogP contribution is -2.36. The predicted octanol–water partition coefficient (Wildman–Crippen LogP) is 3.96. The van der Waals surface area contributed by atoms with E-state index in [2.05, 4.69) is 5.32 Å². The van der Waals surface area contributed by atoms with Gasteiger partial charge in [-0.15, -0.1) is 0 Å². The van der Waals surface area contributed by atoms with Crippen molar-refractivity contribution in [2.75, 3.05) is 11.9 Å². The Morgan fingerprint density at radius 1 is 1.21 bits per heavy atom. The Morgan fingerprint density at radius 3 is 2.69 bits per heavy atom. The minimum Gasteiger partial charge on any atom is -0.478 e. The molecule has 0 unspecified atom stereocenters. The first-order valence-corrected chi connectivity index (χ1v) is 10.1. The van der Waals surface area contributed by atoms with Gasteiger partial charge in [-0.2, -0.15) is 0 Å². The summed E-state index contributed by atoms with van der Waals surface area (Å²) in [5.74, 6) is -1.92. The first-order chi connectivity index (χ1) is 13.8. The van der Waals surface area contributed by atoms with Gasteiger partial charge >= 0.3 is 5.97 Å². The van der Waals surface area contributed by atoms with E-state index in [1.807, 2.05) is 18.2 Å². The molecule has 3 rings (SSSR count). The van der Waals surface area contributed by atoms with Gasteiger partial charge in [0.15, 0.2) is 0 Å². The van der Waals surface area contributed by atoms with Crippen molar-refractivity contribution in [3.05, 3.63) is 75.7 Å². The van der Waals surface area contributed by atoms with Gasteiger partial charge in [-0.3, -0.25) is 14.5 Å². The number of nitrogens with zero attached hydrogens (tertiary/aromatic N) is 1. The Labute approximate surface area is 181 Å². The van der Waals surface area contributed by atoms with Crippen molar-refractivity contribution in [1.29, 1.82) is 0 Å². The Morgan fingerprint density at radius 2 is 1.97 bits per heavy atom. The van der Waals surface area contributed by atoms with Crippen LogP contribution in [0.3, 0.4) is 0 Å². The second-order valence-corrected chi connectivity index (χ2v) is 8.14. The summed E-state index contributed by atoms with van der Waals surface area (Å²) in [5, 5.41) is 12.2. The molecule has 2 N–H and O–H groups in total. The van der Waals surface area contributed by atoms with Gasteiger partial charge in [0.25, 0.3) is 5.91 Å². The van der Waals surface area contributed by atoms with Crippen molar-refractivity contribution in [2.45, 2.75) is 6.42 Å². The quantitative estimate of drug-likeness (QED) is 0.516. The molecule has 6 nitrogen and oxygen atoms in total. The summed E-state index contributed by atoms with van der Waals surface area (Å²) in [6.07, 6.45) is 2.22. The third-order valence-electron chi connectivity index (χ3n) is 4.03. The van der Waals surface area contributed by atoms with Crippen LogP contribution in [-0.4, -0.2) is 38.7 Å². The molecule has 0 saturated carbocycles. The van der Waals surface area contributed by atoms with Gasteiger partial charge in [0.1, 0.15) is 10.9 Å². The topological polar surface area (TPSA) is 86.7 Å². The number of carboxylic acids is 1. The van der Waals surface area contributed by atoms with Crippen LogP contribution >= 0.6 is 35.6 Å². The molecule has 29 heavy (non-hydrogen) atoms. The third kappa shape index (κ3) is 5.23. The van der Waals surface area contributed by atoms with Gasteiger partial charge in [0, 0.05) is 10.7 Å². The molecule has 0 bridgehead atoms. The van der Waals surface area contributed by atoms with Crippen molar-refractivity contribution in [3.63, 3.8) is 0 Å². The smallest absolute Gasteiger partial charge is 0.335 e. The number of amides is 2. The molecule has 0 aliphatic carbocycles. The number of thiocarbonyl (C=S) groups is 1. The van der Waals surface area contributed by atoms with Crippen molar-refractivity contribution in [2.24, 2.45) is 0 Å². The van der Waals surface area contributed by atoms with E-state index in [-0.39, 0.29) is 22.3 Å². The highest BCUT2D eigenvalue weighted by Gasteiger charge is 2.33. The maximum atomic E-state index is 12.6. The molecule has 0 radical (unpaired) electrons. The molecule has 0 aromatic heterocycles. The molecule has 2 aromatic carbocycles. The molecular weight excluding hydrogens is 432 g/mol. The van der Waals surface area contributed by atoms with E-state index in [4.69, 9.17) is 28.9 Å². The number of hydrogen-bond donors (Lipinski definition) is 2. The number of rotatable bonds is 6. The number of aromatic carboxylic acids is 1. The number of carbonyl (C=O) groups is 3. The molecule has 2 amide bonds. The maximum absolute atomic E-state index is 12.6. The zero-order valence-electron chi connectivity index (χ0n) is 14.9. The highest BCUT2D eigenvalue weighted by Crippen LogP contribution is 2.31. The minimum absolute atomic E-state index is 0.0518. The molecule has 1 aliphatic heterocycles. The van der Waals surface area contributed by atoms with E-state index in [1.54, 1.807) is 18.2 Å². The molecular formula is C20H15ClN2O4S2. The number of thioether (sulfide) groups is 1. The van der Waals surface area contributed by atoms with Gasteiger partial charge in [-0.1, -0.05) is 65.9 Å². The van der Waals surface area contributed by atoms with E-state index in [0.29, 0.717) is 22.0 Å². The van der Waals surface area contributed by atoms with Crippen LogP contribution in [0, 0.1) is 0 Å². The average molecular weight is 447 g/mol. The second-order valence-electron chi connectivity index (χ2n) is 6.06. The zero-order valence-corrected chi connectivity index (χ0v) is 17.3. The van der Waals surface area contributed by atoms with Crippen LogP contribution < -0.4 is 5.32 Å². The van der Waals surface area contributed by atoms with Crippen molar-refractivity contribution < 1.29 is 19.5 Å². The number of carbonyl (C=O) groups excluding carboxylic acids is 2. The van der Waals surface area contributed by atoms with E-state index < -0.39 is 11.9 Å². The third-order valence-corrected chi connectivity index (χ3v) is 5.83. The lowest BCUT2D eigenvalue weighted by Gasteiger charge is -2.14. The molecule has 0 atom stereocenters. The molecule has 1 saturated heterocycles. The average Bonchev–Trinajstić information content (AvgIpc) is 2.95. The summed E-state index contributed by atoms with van der Waals surface area (Å²) >= 11 is 12.5. The fraction of sp³-hybridized carbons (Fsp3) is 0.100. The summed E-state index contributed by atoms with van der Waals surface area (Å²) in [6, 6.07) is 13.2. The van der Waals surface area contributed by atoms with Gasteiger partial charge in [0.05, 0.1) is 10.5 Å². The highest BCUT2D eigenvalue weighted by molar-refractivity contribution is 8.26. The molecule has 1 heterocycles. The molecule has 9 heteroatoms. The van der Waals surface area contributed by atoms with E-state index in [1.165, 1.54) is 23.1 Å². The summed E-state index contributed by atoms with van der Waals surface area (Å²) < 4.78 is 0.287. The number of benzene rings is 2.